The minimum Gasteiger partial charge on any atom is -0.279 e. The zero-order chi connectivity index (χ0) is 15.0. The first-order valence-electron chi connectivity index (χ1n) is 6.29. The third kappa shape index (κ3) is 2.62. The minimum atomic E-state index is -3.69. The van der Waals surface area contributed by atoms with Crippen LogP contribution in [-0.4, -0.2) is 17.2 Å². The molecule has 1 N–H and O–H groups in total. The normalized spacial score (nSPS) is 11.7. The number of fused-ring (bicyclic) bond motifs is 1. The van der Waals surface area contributed by atoms with Gasteiger partial charge in [0.1, 0.15) is 15.9 Å². The van der Waals surface area contributed by atoms with Gasteiger partial charge in [0.2, 0.25) is 0 Å². The first-order chi connectivity index (χ1) is 9.97. The summed E-state index contributed by atoms with van der Waals surface area (Å²) in [6.07, 6.45) is 0. The van der Waals surface area contributed by atoms with Crippen molar-refractivity contribution in [3.8, 4) is 0 Å². The molecule has 1 aromatic heterocycles. The fraction of sp³-hybridized carbons (Fsp3) is 0.143. The molecule has 108 valence electrons. The second-order valence-corrected chi connectivity index (χ2v) is 6.99. The smallest absolute Gasteiger partial charge is 0.264 e. The second-order valence-electron chi connectivity index (χ2n) is 4.81. The van der Waals surface area contributed by atoms with Gasteiger partial charge in [-0.1, -0.05) is 23.8 Å². The molecule has 0 unspecified atom stereocenters. The zero-order valence-electron chi connectivity index (χ0n) is 11.5. The molecule has 5 nitrogen and oxygen atoms in total. The molecule has 2 aromatic carbocycles. The van der Waals surface area contributed by atoms with Crippen LogP contribution in [-0.2, 0) is 10.0 Å². The van der Waals surface area contributed by atoms with E-state index in [0.717, 1.165) is 22.9 Å². The van der Waals surface area contributed by atoms with E-state index in [1.165, 1.54) is 6.07 Å². The van der Waals surface area contributed by atoms with Crippen LogP contribution in [0.1, 0.15) is 11.1 Å². The first-order valence-corrected chi connectivity index (χ1v) is 8.50. The molecule has 3 rings (SSSR count). The van der Waals surface area contributed by atoms with Gasteiger partial charge in [-0.05, 0) is 37.6 Å². The van der Waals surface area contributed by atoms with Crippen LogP contribution in [0.5, 0.6) is 0 Å². The molecule has 0 spiro atoms. The van der Waals surface area contributed by atoms with Gasteiger partial charge < -0.3 is 0 Å². The highest BCUT2D eigenvalue weighted by atomic mass is 32.2. The molecule has 0 aliphatic heterocycles. The lowest BCUT2D eigenvalue weighted by Gasteiger charge is -2.11. The van der Waals surface area contributed by atoms with E-state index in [2.05, 4.69) is 13.5 Å². The Kier molecular flexibility index (Phi) is 3.38. The Hall–Kier alpha value is -1.99. The summed E-state index contributed by atoms with van der Waals surface area (Å²) in [6.45, 7) is 3.84. The van der Waals surface area contributed by atoms with E-state index in [1.54, 1.807) is 18.2 Å². The van der Waals surface area contributed by atoms with Gasteiger partial charge in [-0.15, -0.1) is 0 Å². The lowest BCUT2D eigenvalue weighted by molar-refractivity contribution is 0.602. The second kappa shape index (κ2) is 5.09. The fourth-order valence-electron chi connectivity index (χ4n) is 2.13. The van der Waals surface area contributed by atoms with E-state index in [1.807, 2.05) is 26.0 Å². The van der Waals surface area contributed by atoms with Crippen LogP contribution >= 0.6 is 11.7 Å². The van der Waals surface area contributed by atoms with Crippen molar-refractivity contribution in [2.45, 2.75) is 18.7 Å². The van der Waals surface area contributed by atoms with E-state index in [-0.39, 0.29) is 4.90 Å². The third-order valence-electron chi connectivity index (χ3n) is 3.16. The standard InChI is InChI=1S/C14H13N3O2S2/c1-9-6-7-11(10(2)8-9)17-21(18,19)13-5-3-4-12-14(13)16-20-15-12/h3-8,17H,1-2H3. The van der Waals surface area contributed by atoms with Crippen molar-refractivity contribution >= 4 is 38.5 Å². The topological polar surface area (TPSA) is 72.0 Å². The summed E-state index contributed by atoms with van der Waals surface area (Å²) in [4.78, 5) is 0.147. The van der Waals surface area contributed by atoms with Gasteiger partial charge in [0.15, 0.2) is 0 Å². The van der Waals surface area contributed by atoms with Crippen LogP contribution in [0.4, 0.5) is 5.69 Å². The van der Waals surface area contributed by atoms with E-state index in [4.69, 9.17) is 0 Å². The van der Waals surface area contributed by atoms with Crippen LogP contribution in [0.25, 0.3) is 11.0 Å². The van der Waals surface area contributed by atoms with Crippen molar-refractivity contribution in [1.82, 2.24) is 8.75 Å². The summed E-state index contributed by atoms with van der Waals surface area (Å²) in [7, 11) is -3.69. The van der Waals surface area contributed by atoms with Crippen LogP contribution < -0.4 is 4.72 Å². The monoisotopic (exact) mass is 319 g/mol. The Morgan fingerprint density at radius 2 is 1.90 bits per heavy atom. The lowest BCUT2D eigenvalue weighted by Crippen LogP contribution is -2.14. The van der Waals surface area contributed by atoms with E-state index in [9.17, 15) is 8.42 Å². The number of nitrogens with one attached hydrogen (secondary N) is 1. The van der Waals surface area contributed by atoms with E-state index in [0.29, 0.717) is 16.7 Å². The van der Waals surface area contributed by atoms with Crippen molar-refractivity contribution < 1.29 is 8.42 Å². The molecule has 0 aliphatic rings. The van der Waals surface area contributed by atoms with Crippen LogP contribution in [0.2, 0.25) is 0 Å². The van der Waals surface area contributed by atoms with Crippen LogP contribution in [0, 0.1) is 13.8 Å². The number of rotatable bonds is 3. The van der Waals surface area contributed by atoms with Crippen molar-refractivity contribution in [1.29, 1.82) is 0 Å². The summed E-state index contributed by atoms with van der Waals surface area (Å²) in [5, 5.41) is 0. The zero-order valence-corrected chi connectivity index (χ0v) is 13.1. The number of aromatic nitrogens is 2. The maximum Gasteiger partial charge on any atom is 0.264 e. The molecule has 0 atom stereocenters. The molecule has 21 heavy (non-hydrogen) atoms. The largest absolute Gasteiger partial charge is 0.279 e. The number of hydrogen-bond donors (Lipinski definition) is 1. The lowest BCUT2D eigenvalue weighted by atomic mass is 10.1. The van der Waals surface area contributed by atoms with Crippen LogP contribution in [0.15, 0.2) is 41.3 Å². The molecule has 0 amide bonds. The van der Waals surface area contributed by atoms with Crippen molar-refractivity contribution in [3.63, 3.8) is 0 Å². The highest BCUT2D eigenvalue weighted by molar-refractivity contribution is 7.93. The summed E-state index contributed by atoms with van der Waals surface area (Å²) >= 11 is 1.00. The predicted molar refractivity (Wildman–Crippen MR) is 84.1 cm³/mol. The number of sulfonamides is 1. The molecule has 0 saturated heterocycles. The average Bonchev–Trinajstić information content (AvgIpc) is 2.90. The van der Waals surface area contributed by atoms with Gasteiger partial charge in [0.25, 0.3) is 10.0 Å². The Bertz CT molecular complexity index is 917. The molecule has 0 saturated carbocycles. The Morgan fingerprint density at radius 1 is 1.10 bits per heavy atom. The fourth-order valence-corrected chi connectivity index (χ4v) is 4.02. The van der Waals surface area contributed by atoms with Gasteiger partial charge in [0.05, 0.1) is 17.4 Å². The number of aryl methyl sites for hydroxylation is 2. The average molecular weight is 319 g/mol. The van der Waals surface area contributed by atoms with Crippen molar-refractivity contribution in [2.75, 3.05) is 4.72 Å². The van der Waals surface area contributed by atoms with Gasteiger partial charge in [-0.25, -0.2) is 8.42 Å². The molecule has 3 aromatic rings. The molecule has 0 bridgehead atoms. The van der Waals surface area contributed by atoms with Crippen molar-refractivity contribution in [3.05, 3.63) is 47.5 Å². The molecule has 7 heteroatoms. The molecule has 0 fully saturated rings. The summed E-state index contributed by atoms with van der Waals surface area (Å²) in [5.74, 6) is 0. The Balaban J connectivity index is 2.06. The molecular formula is C14H13N3O2S2. The Morgan fingerprint density at radius 3 is 2.67 bits per heavy atom. The van der Waals surface area contributed by atoms with Gasteiger partial charge in [-0.2, -0.15) is 8.75 Å². The van der Waals surface area contributed by atoms with E-state index < -0.39 is 10.0 Å². The SMILES string of the molecule is Cc1ccc(NS(=O)(=O)c2cccc3nsnc23)c(C)c1. The highest BCUT2D eigenvalue weighted by Gasteiger charge is 2.20. The van der Waals surface area contributed by atoms with Crippen LogP contribution in [0.3, 0.4) is 0 Å². The number of benzene rings is 2. The summed E-state index contributed by atoms with van der Waals surface area (Å²) in [6, 6.07) is 10.5. The molecule has 0 aliphatic carbocycles. The third-order valence-corrected chi connectivity index (χ3v) is 5.10. The molecule has 1 heterocycles. The highest BCUT2D eigenvalue weighted by Crippen LogP contribution is 2.25. The van der Waals surface area contributed by atoms with Crippen molar-refractivity contribution in [2.24, 2.45) is 0 Å². The maximum atomic E-state index is 12.6. The first kappa shape index (κ1) is 14.0. The predicted octanol–water partition coefficient (Wildman–Crippen LogP) is 3.11. The van der Waals surface area contributed by atoms with E-state index >= 15 is 0 Å². The Labute approximate surface area is 127 Å². The number of nitrogens with zero attached hydrogens (tertiary/aromatic N) is 2. The number of anilines is 1. The molecule has 0 radical (unpaired) electrons. The number of hydrogen-bond acceptors (Lipinski definition) is 5. The quantitative estimate of drug-likeness (QED) is 0.805. The molecular weight excluding hydrogens is 306 g/mol. The minimum absolute atomic E-state index is 0.147. The summed E-state index contributed by atoms with van der Waals surface area (Å²) in [5.41, 5.74) is 3.52. The van der Waals surface area contributed by atoms with Gasteiger partial charge in [0, 0.05) is 0 Å². The maximum absolute atomic E-state index is 12.6. The van der Waals surface area contributed by atoms with Gasteiger partial charge in [-0.3, -0.25) is 4.72 Å². The van der Waals surface area contributed by atoms with Gasteiger partial charge >= 0.3 is 0 Å². The summed E-state index contributed by atoms with van der Waals surface area (Å²) < 4.78 is 35.9.